The quantitative estimate of drug-likeness (QED) is 0.719. The van der Waals surface area contributed by atoms with Crippen LogP contribution in [0, 0.1) is 0 Å². The minimum atomic E-state index is -0.0550. The molecule has 0 radical (unpaired) electrons. The van der Waals surface area contributed by atoms with Crippen LogP contribution in [0.15, 0.2) is 41.3 Å². The van der Waals surface area contributed by atoms with Gasteiger partial charge in [-0.25, -0.2) is 0 Å². The van der Waals surface area contributed by atoms with Gasteiger partial charge in [0.2, 0.25) is 5.56 Å². The van der Waals surface area contributed by atoms with Crippen LogP contribution in [0.25, 0.3) is 5.57 Å². The third kappa shape index (κ3) is 1.76. The first-order chi connectivity index (χ1) is 6.75. The minimum Gasteiger partial charge on any atom is -0.376 e. The molecule has 0 aliphatic carbocycles. The van der Waals surface area contributed by atoms with Crippen LogP contribution in [0.2, 0.25) is 0 Å². The van der Waals surface area contributed by atoms with E-state index >= 15 is 0 Å². The number of aromatic amines is 1. The van der Waals surface area contributed by atoms with E-state index in [4.69, 9.17) is 0 Å². The Morgan fingerprint density at radius 2 is 2.29 bits per heavy atom. The fraction of sp³-hybridized carbons (Fsp3) is 0.182. The van der Waals surface area contributed by atoms with Crippen molar-refractivity contribution >= 4 is 5.57 Å². The first-order valence-electron chi connectivity index (χ1n) is 4.53. The van der Waals surface area contributed by atoms with E-state index < -0.39 is 0 Å². The highest BCUT2D eigenvalue weighted by Gasteiger charge is 2.06. The summed E-state index contributed by atoms with van der Waals surface area (Å²) in [4.78, 5) is 16.0. The number of aromatic nitrogens is 1. The van der Waals surface area contributed by atoms with Gasteiger partial charge in [-0.15, -0.1) is 0 Å². The number of H-pyrrole nitrogens is 1. The van der Waals surface area contributed by atoms with E-state index in [-0.39, 0.29) is 5.56 Å². The summed E-state index contributed by atoms with van der Waals surface area (Å²) < 4.78 is 0. The average Bonchev–Trinajstić information content (AvgIpc) is 2.18. The van der Waals surface area contributed by atoms with E-state index in [1.165, 1.54) is 6.07 Å². The Bertz CT molecular complexity index is 443. The number of nitrogens with zero attached hydrogens (tertiary/aromatic N) is 1. The molecule has 0 saturated carbocycles. The molecule has 3 heteroatoms. The van der Waals surface area contributed by atoms with E-state index in [2.05, 4.69) is 9.88 Å². The Balaban J connectivity index is 2.36. The Hall–Kier alpha value is -1.77. The molecule has 1 aromatic rings. The second kappa shape index (κ2) is 3.54. The first-order valence-corrected chi connectivity index (χ1v) is 4.53. The molecule has 0 spiro atoms. The van der Waals surface area contributed by atoms with E-state index in [1.807, 2.05) is 31.5 Å². The van der Waals surface area contributed by atoms with Crippen LogP contribution < -0.4 is 5.56 Å². The number of pyridine rings is 1. The molecular formula is C11H12N2O. The number of allylic oxidation sites excluding steroid dienone is 2. The van der Waals surface area contributed by atoms with Gasteiger partial charge in [0, 0.05) is 25.4 Å². The smallest absolute Gasteiger partial charge is 0.248 e. The maximum atomic E-state index is 11.1. The molecule has 0 aromatic carbocycles. The lowest BCUT2D eigenvalue weighted by molar-refractivity contribution is 0.512. The van der Waals surface area contributed by atoms with Gasteiger partial charge in [0.1, 0.15) is 0 Å². The molecule has 1 aromatic heterocycles. The summed E-state index contributed by atoms with van der Waals surface area (Å²) in [5.41, 5.74) is 1.97. The summed E-state index contributed by atoms with van der Waals surface area (Å²) in [5, 5.41) is 0. The van der Waals surface area contributed by atoms with Gasteiger partial charge in [0.15, 0.2) is 0 Å². The standard InChI is InChI=1S/C11H12N2O/c1-13-7-3-4-9(8-13)10-5-2-6-11(14)12-10/h2-7H,8H2,1H3,(H,12,14). The van der Waals surface area contributed by atoms with Crippen molar-refractivity contribution in [2.24, 2.45) is 0 Å². The van der Waals surface area contributed by atoms with Gasteiger partial charge in [-0.05, 0) is 23.9 Å². The predicted octanol–water partition coefficient (Wildman–Crippen LogP) is 1.22. The summed E-state index contributed by atoms with van der Waals surface area (Å²) in [6, 6.07) is 5.21. The zero-order valence-electron chi connectivity index (χ0n) is 8.03. The van der Waals surface area contributed by atoms with Crippen LogP contribution >= 0.6 is 0 Å². The third-order valence-corrected chi connectivity index (χ3v) is 2.17. The highest BCUT2D eigenvalue weighted by molar-refractivity contribution is 5.66. The largest absolute Gasteiger partial charge is 0.376 e. The van der Waals surface area contributed by atoms with Crippen LogP contribution in [-0.2, 0) is 0 Å². The van der Waals surface area contributed by atoms with Crippen molar-refractivity contribution in [1.29, 1.82) is 0 Å². The monoisotopic (exact) mass is 188 g/mol. The van der Waals surface area contributed by atoms with Gasteiger partial charge in [-0.2, -0.15) is 0 Å². The van der Waals surface area contributed by atoms with Crippen molar-refractivity contribution in [2.45, 2.75) is 0 Å². The molecule has 0 unspecified atom stereocenters. The highest BCUT2D eigenvalue weighted by Crippen LogP contribution is 2.14. The van der Waals surface area contributed by atoms with Gasteiger partial charge in [0.05, 0.1) is 0 Å². The van der Waals surface area contributed by atoms with E-state index in [1.54, 1.807) is 6.07 Å². The summed E-state index contributed by atoms with van der Waals surface area (Å²) in [6.07, 6.45) is 6.00. The van der Waals surface area contributed by atoms with E-state index in [9.17, 15) is 4.79 Å². The molecule has 14 heavy (non-hydrogen) atoms. The number of hydrogen-bond acceptors (Lipinski definition) is 2. The molecule has 0 fully saturated rings. The molecular weight excluding hydrogens is 176 g/mol. The fourth-order valence-electron chi connectivity index (χ4n) is 1.49. The maximum absolute atomic E-state index is 11.1. The minimum absolute atomic E-state index is 0.0550. The van der Waals surface area contributed by atoms with Crippen molar-refractivity contribution < 1.29 is 0 Å². The maximum Gasteiger partial charge on any atom is 0.248 e. The Kier molecular flexibility index (Phi) is 2.23. The van der Waals surface area contributed by atoms with Gasteiger partial charge < -0.3 is 9.88 Å². The van der Waals surface area contributed by atoms with Gasteiger partial charge in [0.25, 0.3) is 0 Å². The molecule has 3 nitrogen and oxygen atoms in total. The summed E-state index contributed by atoms with van der Waals surface area (Å²) in [7, 11) is 2.00. The third-order valence-electron chi connectivity index (χ3n) is 2.17. The zero-order chi connectivity index (χ0) is 9.97. The molecule has 2 heterocycles. The summed E-state index contributed by atoms with van der Waals surface area (Å²) in [6.45, 7) is 0.830. The molecule has 2 rings (SSSR count). The van der Waals surface area contributed by atoms with Crippen molar-refractivity contribution in [2.75, 3.05) is 13.6 Å². The topological polar surface area (TPSA) is 36.1 Å². The highest BCUT2D eigenvalue weighted by atomic mass is 16.1. The molecule has 0 bridgehead atoms. The van der Waals surface area contributed by atoms with Crippen LogP contribution in [0.4, 0.5) is 0 Å². The molecule has 0 amide bonds. The molecule has 0 atom stereocenters. The van der Waals surface area contributed by atoms with Crippen LogP contribution in [-0.4, -0.2) is 23.5 Å². The second-order valence-corrected chi connectivity index (χ2v) is 3.38. The second-order valence-electron chi connectivity index (χ2n) is 3.38. The molecule has 72 valence electrons. The van der Waals surface area contributed by atoms with Crippen LogP contribution in [0.1, 0.15) is 5.69 Å². The lowest BCUT2D eigenvalue weighted by Gasteiger charge is -2.19. The predicted molar refractivity (Wildman–Crippen MR) is 56.8 cm³/mol. The van der Waals surface area contributed by atoms with Crippen molar-refractivity contribution in [3.05, 3.63) is 52.6 Å². The number of hydrogen-bond donors (Lipinski definition) is 1. The zero-order valence-corrected chi connectivity index (χ0v) is 8.03. The number of likely N-dealkylation sites (N-methyl/N-ethyl adjacent to an activating group) is 1. The van der Waals surface area contributed by atoms with Gasteiger partial charge in [-0.1, -0.05) is 12.1 Å². The van der Waals surface area contributed by atoms with E-state index in [0.717, 1.165) is 17.8 Å². The summed E-state index contributed by atoms with van der Waals surface area (Å²) >= 11 is 0. The van der Waals surface area contributed by atoms with Crippen molar-refractivity contribution in [1.82, 2.24) is 9.88 Å². The first kappa shape index (κ1) is 8.81. The van der Waals surface area contributed by atoms with Gasteiger partial charge in [-0.3, -0.25) is 4.79 Å². The lowest BCUT2D eigenvalue weighted by Crippen LogP contribution is -2.18. The van der Waals surface area contributed by atoms with Crippen LogP contribution in [0.5, 0.6) is 0 Å². The lowest BCUT2D eigenvalue weighted by atomic mass is 10.1. The van der Waals surface area contributed by atoms with E-state index in [0.29, 0.717) is 0 Å². The molecule has 0 saturated heterocycles. The number of nitrogens with one attached hydrogen (secondary N) is 1. The normalized spacial score (nSPS) is 15.5. The fourth-order valence-corrected chi connectivity index (χ4v) is 1.49. The summed E-state index contributed by atoms with van der Waals surface area (Å²) in [5.74, 6) is 0. The SMILES string of the molecule is CN1C=CC=C(c2cccc(=O)[nH]2)C1. The Labute approximate surface area is 82.4 Å². The van der Waals surface area contributed by atoms with Crippen molar-refractivity contribution in [3.8, 4) is 0 Å². The molecule has 1 aliphatic heterocycles. The molecule has 1 N–H and O–H groups in total. The Morgan fingerprint density at radius 1 is 1.43 bits per heavy atom. The number of rotatable bonds is 1. The average molecular weight is 188 g/mol. The Morgan fingerprint density at radius 3 is 3.00 bits per heavy atom. The molecule has 1 aliphatic rings. The van der Waals surface area contributed by atoms with Gasteiger partial charge >= 0.3 is 0 Å². The van der Waals surface area contributed by atoms with Crippen molar-refractivity contribution in [3.63, 3.8) is 0 Å². The van der Waals surface area contributed by atoms with Crippen LogP contribution in [0.3, 0.4) is 0 Å².